The fourth-order valence-electron chi connectivity index (χ4n) is 4.08. The lowest BCUT2D eigenvalue weighted by Crippen LogP contribution is -2.43. The molecule has 5 rings (SSSR count). The number of pyridine rings is 1. The summed E-state index contributed by atoms with van der Waals surface area (Å²) in [6.45, 7) is 3.90. The van der Waals surface area contributed by atoms with Crippen LogP contribution in [0.15, 0.2) is 42.0 Å². The maximum atomic E-state index is 13.0. The van der Waals surface area contributed by atoms with Gasteiger partial charge in [0.05, 0.1) is 37.6 Å². The molecule has 10 heteroatoms. The Morgan fingerprint density at radius 3 is 2.88 bits per heavy atom. The first-order chi connectivity index (χ1) is 16.1. The van der Waals surface area contributed by atoms with Crippen molar-refractivity contribution in [1.82, 2.24) is 15.3 Å². The van der Waals surface area contributed by atoms with E-state index in [1.54, 1.807) is 29.8 Å². The Labute approximate surface area is 195 Å². The van der Waals surface area contributed by atoms with E-state index < -0.39 is 0 Å². The Bertz CT molecular complexity index is 1190. The monoisotopic (exact) mass is 464 g/mol. The molecule has 0 atom stereocenters. The van der Waals surface area contributed by atoms with E-state index in [1.807, 2.05) is 24.3 Å². The van der Waals surface area contributed by atoms with Gasteiger partial charge in [-0.15, -0.1) is 11.3 Å². The Hall–Kier alpha value is -3.50. The molecule has 170 valence electrons. The second-order valence-corrected chi connectivity index (χ2v) is 8.73. The Morgan fingerprint density at radius 1 is 1.21 bits per heavy atom. The first-order valence-electron chi connectivity index (χ1n) is 10.7. The van der Waals surface area contributed by atoms with E-state index in [0.29, 0.717) is 23.8 Å². The summed E-state index contributed by atoms with van der Waals surface area (Å²) >= 11 is 1.28. The third-order valence-electron chi connectivity index (χ3n) is 5.84. The molecule has 0 spiro atoms. The van der Waals surface area contributed by atoms with Gasteiger partial charge in [0.25, 0.3) is 5.91 Å². The lowest BCUT2D eigenvalue weighted by atomic mass is 9.99. The number of hydrogen-bond acceptors (Lipinski definition) is 8. The summed E-state index contributed by atoms with van der Waals surface area (Å²) in [4.78, 5) is 38.2. The molecule has 0 bridgehead atoms. The van der Waals surface area contributed by atoms with Gasteiger partial charge in [0.2, 0.25) is 5.91 Å². The number of thiazole rings is 1. The number of methoxy groups -OCH3 is 1. The molecule has 9 nitrogen and oxygen atoms in total. The van der Waals surface area contributed by atoms with E-state index >= 15 is 0 Å². The van der Waals surface area contributed by atoms with E-state index in [0.717, 1.165) is 48.7 Å². The Morgan fingerprint density at radius 2 is 2.06 bits per heavy atom. The van der Waals surface area contributed by atoms with E-state index in [1.165, 1.54) is 11.3 Å². The molecule has 0 saturated carbocycles. The predicted octanol–water partition coefficient (Wildman–Crippen LogP) is 2.30. The third kappa shape index (κ3) is 4.39. The van der Waals surface area contributed by atoms with Crippen LogP contribution < -0.4 is 25.2 Å². The molecule has 2 N–H and O–H groups in total. The number of hydrogen-bond donors (Lipinski definition) is 2. The van der Waals surface area contributed by atoms with Crippen molar-refractivity contribution in [2.75, 3.05) is 48.4 Å². The number of ether oxygens (including phenoxy) is 1. The Balaban J connectivity index is 1.33. The molecule has 1 saturated heterocycles. The summed E-state index contributed by atoms with van der Waals surface area (Å²) in [7, 11) is 1.62. The number of carbonyl (C=O) groups is 2. The SMILES string of the molecule is COc1ccc2c(c1)CN(c1nc(C(=O)Nc3cnccc3N3CCNCC3)cs1)C(=O)C2. The number of benzene rings is 1. The average molecular weight is 465 g/mol. The molecule has 2 amide bonds. The van der Waals surface area contributed by atoms with Crippen molar-refractivity contribution in [3.05, 3.63) is 58.9 Å². The van der Waals surface area contributed by atoms with Crippen LogP contribution in [0.2, 0.25) is 0 Å². The van der Waals surface area contributed by atoms with Crippen molar-refractivity contribution in [3.8, 4) is 5.75 Å². The van der Waals surface area contributed by atoms with Crippen LogP contribution >= 0.6 is 11.3 Å². The molecule has 33 heavy (non-hydrogen) atoms. The van der Waals surface area contributed by atoms with Crippen LogP contribution in [-0.2, 0) is 17.8 Å². The number of fused-ring (bicyclic) bond motifs is 1. The number of carbonyl (C=O) groups excluding carboxylic acids is 2. The fraction of sp³-hybridized carbons (Fsp3) is 0.304. The summed E-state index contributed by atoms with van der Waals surface area (Å²) in [6.07, 6.45) is 3.67. The zero-order valence-corrected chi connectivity index (χ0v) is 19.0. The molecule has 2 aliphatic rings. The van der Waals surface area contributed by atoms with Crippen molar-refractivity contribution >= 4 is 39.7 Å². The normalized spacial score (nSPS) is 15.8. The van der Waals surface area contributed by atoms with Gasteiger partial charge >= 0.3 is 0 Å². The number of rotatable bonds is 5. The molecule has 1 aromatic carbocycles. The number of nitrogens with zero attached hydrogens (tertiary/aromatic N) is 4. The van der Waals surface area contributed by atoms with Crippen LogP contribution in [0.5, 0.6) is 5.75 Å². The van der Waals surface area contributed by atoms with Gasteiger partial charge in [-0.1, -0.05) is 6.07 Å². The van der Waals surface area contributed by atoms with Crippen molar-refractivity contribution < 1.29 is 14.3 Å². The van der Waals surface area contributed by atoms with Gasteiger partial charge in [-0.2, -0.15) is 0 Å². The molecular formula is C23H24N6O3S. The molecule has 0 radical (unpaired) electrons. The quantitative estimate of drug-likeness (QED) is 0.598. The van der Waals surface area contributed by atoms with E-state index in [-0.39, 0.29) is 17.5 Å². The summed E-state index contributed by atoms with van der Waals surface area (Å²) in [6, 6.07) is 7.64. The van der Waals surface area contributed by atoms with Crippen molar-refractivity contribution in [2.24, 2.45) is 0 Å². The molecule has 2 aliphatic heterocycles. The predicted molar refractivity (Wildman–Crippen MR) is 127 cm³/mol. The van der Waals surface area contributed by atoms with E-state index in [2.05, 4.69) is 25.5 Å². The molecular weight excluding hydrogens is 440 g/mol. The van der Waals surface area contributed by atoms with Crippen LogP contribution in [0.4, 0.5) is 16.5 Å². The van der Waals surface area contributed by atoms with Crippen LogP contribution in [0, 0.1) is 0 Å². The highest BCUT2D eigenvalue weighted by atomic mass is 32.1. The minimum atomic E-state index is -0.326. The van der Waals surface area contributed by atoms with Gasteiger partial charge in [0.1, 0.15) is 11.4 Å². The lowest BCUT2D eigenvalue weighted by molar-refractivity contribution is -0.118. The average Bonchev–Trinajstić information content (AvgIpc) is 3.34. The summed E-state index contributed by atoms with van der Waals surface area (Å²) in [5, 5.41) is 8.46. The first-order valence-corrected chi connectivity index (χ1v) is 11.6. The number of nitrogens with one attached hydrogen (secondary N) is 2. The summed E-state index contributed by atoms with van der Waals surface area (Å²) in [5.74, 6) is 0.384. The zero-order chi connectivity index (χ0) is 22.8. The topological polar surface area (TPSA) is 99.7 Å². The number of piperazine rings is 1. The minimum absolute atomic E-state index is 0.0396. The molecule has 0 aliphatic carbocycles. The van der Waals surface area contributed by atoms with Crippen LogP contribution in [0.3, 0.4) is 0 Å². The van der Waals surface area contributed by atoms with Crippen molar-refractivity contribution in [3.63, 3.8) is 0 Å². The van der Waals surface area contributed by atoms with Gasteiger partial charge in [-0.3, -0.25) is 19.5 Å². The Kier molecular flexibility index (Phi) is 5.93. The first kappa shape index (κ1) is 21.4. The third-order valence-corrected chi connectivity index (χ3v) is 6.71. The van der Waals surface area contributed by atoms with Crippen LogP contribution in [-0.4, -0.2) is 55.1 Å². The second kappa shape index (κ2) is 9.16. The molecule has 3 aromatic rings. The summed E-state index contributed by atoms with van der Waals surface area (Å²) < 4.78 is 5.31. The molecule has 0 unspecified atom stereocenters. The molecule has 1 fully saturated rings. The largest absolute Gasteiger partial charge is 0.497 e. The number of aromatic nitrogens is 2. The summed E-state index contributed by atoms with van der Waals surface area (Å²) in [5.41, 5.74) is 3.87. The van der Waals surface area contributed by atoms with E-state index in [9.17, 15) is 9.59 Å². The fourth-order valence-corrected chi connectivity index (χ4v) is 4.91. The van der Waals surface area contributed by atoms with Gasteiger partial charge in [-0.25, -0.2) is 4.98 Å². The highest BCUT2D eigenvalue weighted by Crippen LogP contribution is 2.31. The van der Waals surface area contributed by atoms with Gasteiger partial charge in [0, 0.05) is 37.8 Å². The molecule has 4 heterocycles. The van der Waals surface area contributed by atoms with E-state index in [4.69, 9.17) is 4.74 Å². The lowest BCUT2D eigenvalue weighted by Gasteiger charge is -2.30. The minimum Gasteiger partial charge on any atom is -0.497 e. The standard InChI is InChI=1S/C23H24N6O3S/c1-32-17-3-2-15-11-21(30)29(13-16(15)10-17)23-27-19(14-33-23)22(31)26-18-12-25-5-4-20(18)28-8-6-24-7-9-28/h2-5,10,12,14,24H,6-9,11,13H2,1H3,(H,26,31). The highest BCUT2D eigenvalue weighted by Gasteiger charge is 2.27. The van der Waals surface area contributed by atoms with Gasteiger partial charge in [-0.05, 0) is 29.3 Å². The maximum Gasteiger partial charge on any atom is 0.275 e. The van der Waals surface area contributed by atoms with Gasteiger partial charge in [0.15, 0.2) is 5.13 Å². The molecule has 2 aromatic heterocycles. The zero-order valence-electron chi connectivity index (χ0n) is 18.2. The smallest absolute Gasteiger partial charge is 0.275 e. The second-order valence-electron chi connectivity index (χ2n) is 7.89. The van der Waals surface area contributed by atoms with Crippen molar-refractivity contribution in [1.29, 1.82) is 0 Å². The van der Waals surface area contributed by atoms with Crippen LogP contribution in [0.25, 0.3) is 0 Å². The highest BCUT2D eigenvalue weighted by molar-refractivity contribution is 7.14. The van der Waals surface area contributed by atoms with Gasteiger partial charge < -0.3 is 20.3 Å². The van der Waals surface area contributed by atoms with Crippen LogP contribution in [0.1, 0.15) is 21.6 Å². The van der Waals surface area contributed by atoms with Crippen molar-refractivity contribution in [2.45, 2.75) is 13.0 Å². The maximum absolute atomic E-state index is 13.0. The number of amides is 2. The number of anilines is 3.